The summed E-state index contributed by atoms with van der Waals surface area (Å²) in [4.78, 5) is 20.0. The van der Waals surface area contributed by atoms with Crippen LogP contribution >= 0.6 is 11.8 Å². The van der Waals surface area contributed by atoms with Gasteiger partial charge in [0.25, 0.3) is 0 Å². The first-order valence-corrected chi connectivity index (χ1v) is 10.6. The highest BCUT2D eigenvalue weighted by molar-refractivity contribution is 7.99. The highest BCUT2D eigenvalue weighted by Gasteiger charge is 2.33. The Kier molecular flexibility index (Phi) is 7.39. The van der Waals surface area contributed by atoms with E-state index in [1.54, 1.807) is 35.1 Å². The van der Waals surface area contributed by atoms with Crippen molar-refractivity contribution in [1.29, 1.82) is 0 Å². The second-order valence-electron chi connectivity index (χ2n) is 6.90. The molecule has 0 aliphatic rings. The summed E-state index contributed by atoms with van der Waals surface area (Å²) in [6.07, 6.45) is -2.82. The first-order chi connectivity index (χ1) is 15.2. The Balaban J connectivity index is 1.65. The van der Waals surface area contributed by atoms with E-state index in [9.17, 15) is 18.0 Å². The number of benzene rings is 1. The van der Waals surface area contributed by atoms with Gasteiger partial charge in [-0.3, -0.25) is 9.48 Å². The van der Waals surface area contributed by atoms with Crippen LogP contribution in [0, 0.1) is 6.92 Å². The van der Waals surface area contributed by atoms with Crippen molar-refractivity contribution < 1.29 is 22.7 Å². The molecule has 0 saturated heterocycles. The first kappa shape index (κ1) is 23.6. The van der Waals surface area contributed by atoms with Crippen LogP contribution in [0.1, 0.15) is 23.4 Å². The lowest BCUT2D eigenvalue weighted by Crippen LogP contribution is -2.23. The average Bonchev–Trinajstić information content (AvgIpc) is 3.09. The van der Waals surface area contributed by atoms with Crippen molar-refractivity contribution in [2.24, 2.45) is 7.05 Å². The van der Waals surface area contributed by atoms with Crippen LogP contribution < -0.4 is 10.1 Å². The third kappa shape index (κ3) is 6.00. The van der Waals surface area contributed by atoms with Crippen LogP contribution in [0.5, 0.6) is 5.75 Å². The minimum absolute atomic E-state index is 0.0402. The zero-order valence-corrected chi connectivity index (χ0v) is 18.5. The number of nitrogens with zero attached hydrogens (tertiary/aromatic N) is 4. The summed E-state index contributed by atoms with van der Waals surface area (Å²) in [5, 5.41) is 6.86. The molecule has 7 nitrogen and oxygen atoms in total. The van der Waals surface area contributed by atoms with E-state index in [-0.39, 0.29) is 28.9 Å². The third-order valence-corrected chi connectivity index (χ3v) is 5.60. The molecular weight excluding hydrogens is 443 g/mol. The normalized spacial score (nSPS) is 11.4. The molecule has 2 heterocycles. The van der Waals surface area contributed by atoms with E-state index in [0.29, 0.717) is 17.9 Å². The third-order valence-electron chi connectivity index (χ3n) is 4.76. The van der Waals surface area contributed by atoms with E-state index < -0.39 is 11.9 Å². The Bertz CT molecular complexity index is 1080. The second-order valence-corrected chi connectivity index (χ2v) is 7.96. The zero-order valence-electron chi connectivity index (χ0n) is 17.7. The maximum atomic E-state index is 13.3. The number of carbonyl (C=O) groups excluding carboxylic acids is 1. The van der Waals surface area contributed by atoms with E-state index in [1.807, 2.05) is 14.0 Å². The van der Waals surface area contributed by atoms with E-state index in [4.69, 9.17) is 4.74 Å². The number of aryl methyl sites for hydroxylation is 1. The lowest BCUT2D eigenvalue weighted by Gasteiger charge is -2.11. The molecule has 0 aliphatic carbocycles. The Morgan fingerprint density at radius 3 is 2.53 bits per heavy atom. The maximum Gasteiger partial charge on any atom is 0.433 e. The lowest BCUT2D eigenvalue weighted by molar-refractivity contribution is -0.141. The molecule has 32 heavy (non-hydrogen) atoms. The van der Waals surface area contributed by atoms with Crippen LogP contribution in [0.2, 0.25) is 0 Å². The summed E-state index contributed by atoms with van der Waals surface area (Å²) in [5.74, 6) is 0.602. The fourth-order valence-electron chi connectivity index (χ4n) is 2.78. The smallest absolute Gasteiger partial charge is 0.433 e. The number of thioether (sulfide) groups is 1. The van der Waals surface area contributed by atoms with Crippen molar-refractivity contribution in [3.63, 3.8) is 0 Å². The summed E-state index contributed by atoms with van der Waals surface area (Å²) in [5.41, 5.74) is 1.47. The van der Waals surface area contributed by atoms with Gasteiger partial charge >= 0.3 is 6.18 Å². The lowest BCUT2D eigenvalue weighted by atomic mass is 10.1. The Morgan fingerprint density at radius 2 is 1.94 bits per heavy atom. The standard InChI is InChI=1S/C21H22F3N5O2S/c1-13-15(12-26-29(13)2)11-25-19(30)8-9-32-20-27-17(10-18(28-20)21(22,23)24)14-4-6-16(31-3)7-5-14/h4-7,10,12H,8-9,11H2,1-3H3,(H,25,30). The fourth-order valence-corrected chi connectivity index (χ4v) is 3.58. The summed E-state index contributed by atoms with van der Waals surface area (Å²) in [6.45, 7) is 2.24. The molecule has 1 aromatic carbocycles. The number of nitrogens with one attached hydrogen (secondary N) is 1. The fraction of sp³-hybridized carbons (Fsp3) is 0.333. The molecule has 2 aromatic heterocycles. The maximum absolute atomic E-state index is 13.3. The van der Waals surface area contributed by atoms with Gasteiger partial charge in [-0.1, -0.05) is 11.8 Å². The Hall–Kier alpha value is -3.08. The molecule has 0 aliphatic heterocycles. The molecule has 0 atom stereocenters. The predicted molar refractivity (Wildman–Crippen MR) is 114 cm³/mol. The number of methoxy groups -OCH3 is 1. The van der Waals surface area contributed by atoms with Crippen molar-refractivity contribution in [2.75, 3.05) is 12.9 Å². The average molecular weight is 466 g/mol. The van der Waals surface area contributed by atoms with Crippen molar-refractivity contribution in [2.45, 2.75) is 31.2 Å². The van der Waals surface area contributed by atoms with Gasteiger partial charge in [0.2, 0.25) is 5.91 Å². The minimum Gasteiger partial charge on any atom is -0.497 e. The van der Waals surface area contributed by atoms with Crippen LogP contribution in [0.25, 0.3) is 11.3 Å². The predicted octanol–water partition coefficient (Wildman–Crippen LogP) is 4.01. The van der Waals surface area contributed by atoms with Crippen molar-refractivity contribution in [3.8, 4) is 17.0 Å². The van der Waals surface area contributed by atoms with Crippen LogP contribution in [-0.4, -0.2) is 38.5 Å². The van der Waals surface area contributed by atoms with Gasteiger partial charge in [-0.25, -0.2) is 9.97 Å². The number of carbonyl (C=O) groups is 1. The zero-order chi connectivity index (χ0) is 23.3. The number of hydrogen-bond acceptors (Lipinski definition) is 6. The van der Waals surface area contributed by atoms with Gasteiger partial charge in [-0.05, 0) is 37.3 Å². The SMILES string of the molecule is COc1ccc(-c2cc(C(F)(F)F)nc(SCCC(=O)NCc3cnn(C)c3C)n2)cc1. The number of aromatic nitrogens is 4. The van der Waals surface area contributed by atoms with Crippen molar-refractivity contribution >= 4 is 17.7 Å². The molecule has 0 saturated carbocycles. The molecule has 0 bridgehead atoms. The van der Waals surface area contributed by atoms with Gasteiger partial charge in [0, 0.05) is 42.6 Å². The topological polar surface area (TPSA) is 81.9 Å². The molecule has 1 N–H and O–H groups in total. The quantitative estimate of drug-likeness (QED) is 0.400. The van der Waals surface area contributed by atoms with Crippen LogP contribution in [-0.2, 0) is 24.6 Å². The monoisotopic (exact) mass is 465 g/mol. The molecule has 0 fully saturated rings. The van der Waals surface area contributed by atoms with Crippen molar-refractivity contribution in [1.82, 2.24) is 25.1 Å². The Labute approximate surface area is 187 Å². The van der Waals surface area contributed by atoms with Crippen LogP contribution in [0.4, 0.5) is 13.2 Å². The number of amides is 1. The number of ether oxygens (including phenoxy) is 1. The van der Waals surface area contributed by atoms with E-state index in [0.717, 1.165) is 29.1 Å². The second kappa shape index (κ2) is 10.0. The summed E-state index contributed by atoms with van der Waals surface area (Å²) in [7, 11) is 3.32. The highest BCUT2D eigenvalue weighted by Crippen LogP contribution is 2.32. The van der Waals surface area contributed by atoms with Crippen LogP contribution in [0.15, 0.2) is 41.7 Å². The summed E-state index contributed by atoms with van der Waals surface area (Å²) < 4.78 is 46.8. The number of hydrogen-bond donors (Lipinski definition) is 1. The molecule has 1 amide bonds. The van der Waals surface area contributed by atoms with E-state index >= 15 is 0 Å². The number of alkyl halides is 3. The molecule has 170 valence electrons. The van der Waals surface area contributed by atoms with Gasteiger partial charge in [0.05, 0.1) is 19.0 Å². The van der Waals surface area contributed by atoms with Gasteiger partial charge in [-0.15, -0.1) is 0 Å². The van der Waals surface area contributed by atoms with Crippen molar-refractivity contribution in [3.05, 3.63) is 53.5 Å². The van der Waals surface area contributed by atoms with Gasteiger partial charge in [0.1, 0.15) is 11.4 Å². The minimum atomic E-state index is -4.61. The van der Waals surface area contributed by atoms with E-state index in [1.165, 1.54) is 7.11 Å². The summed E-state index contributed by atoms with van der Waals surface area (Å²) in [6, 6.07) is 7.46. The molecule has 0 unspecified atom stereocenters. The molecule has 3 rings (SSSR count). The van der Waals surface area contributed by atoms with Gasteiger partial charge in [-0.2, -0.15) is 18.3 Å². The molecule has 3 aromatic rings. The molecular formula is C21H22F3N5O2S. The number of rotatable bonds is 8. The summed E-state index contributed by atoms with van der Waals surface area (Å²) >= 11 is 1.00. The number of halogens is 3. The van der Waals surface area contributed by atoms with Gasteiger partial charge < -0.3 is 10.1 Å². The van der Waals surface area contributed by atoms with Gasteiger partial charge in [0.15, 0.2) is 5.16 Å². The highest BCUT2D eigenvalue weighted by atomic mass is 32.2. The first-order valence-electron chi connectivity index (χ1n) is 9.65. The Morgan fingerprint density at radius 1 is 1.22 bits per heavy atom. The largest absolute Gasteiger partial charge is 0.497 e. The van der Waals surface area contributed by atoms with E-state index in [2.05, 4.69) is 20.4 Å². The molecule has 11 heteroatoms. The van der Waals surface area contributed by atoms with Crippen LogP contribution in [0.3, 0.4) is 0 Å². The molecule has 0 spiro atoms. The molecule has 0 radical (unpaired) electrons.